The Morgan fingerprint density at radius 1 is 1.55 bits per heavy atom. The van der Waals surface area contributed by atoms with E-state index in [1.54, 1.807) is 0 Å². The maximum atomic E-state index is 10.3. The topological polar surface area (TPSA) is 110 Å². The van der Waals surface area contributed by atoms with E-state index < -0.39 is 17.9 Å². The molecular weight excluding hydrogens is 152 g/mol. The van der Waals surface area contributed by atoms with E-state index in [0.717, 1.165) is 0 Å². The summed E-state index contributed by atoms with van der Waals surface area (Å²) in [5.74, 6) is -2.06. The molecule has 11 heavy (non-hydrogen) atoms. The van der Waals surface area contributed by atoms with Crippen LogP contribution in [0.15, 0.2) is 5.18 Å². The molecule has 62 valence electrons. The second-order valence-electron chi connectivity index (χ2n) is 1.97. The number of hydrogen-bond acceptors (Lipinski definition) is 4. The van der Waals surface area contributed by atoms with Crippen LogP contribution in [0.3, 0.4) is 0 Å². The van der Waals surface area contributed by atoms with Crippen molar-refractivity contribution < 1.29 is 14.7 Å². The predicted molar refractivity (Wildman–Crippen MR) is 35.6 cm³/mol. The first kappa shape index (κ1) is 9.70. The van der Waals surface area contributed by atoms with Crippen LogP contribution in [0.2, 0.25) is 0 Å². The molecule has 1 unspecified atom stereocenters. The van der Waals surface area contributed by atoms with Gasteiger partial charge in [-0.05, 0) is 6.42 Å². The average molecular weight is 160 g/mol. The lowest BCUT2D eigenvalue weighted by atomic mass is 10.1. The molecule has 0 saturated carbocycles. The van der Waals surface area contributed by atoms with Crippen LogP contribution in [0, 0.1) is 4.91 Å². The standard InChI is InChI=1S/C5H8N2O4/c6-3(5(10)7-11)1-2-4(8)9/h3H,1-2,6H2,(H,8,9). The number of amides is 1. The number of carboxylic acids is 1. The maximum absolute atomic E-state index is 10.3. The van der Waals surface area contributed by atoms with Gasteiger partial charge in [0.2, 0.25) is 0 Å². The number of rotatable bonds is 4. The second-order valence-corrected chi connectivity index (χ2v) is 1.97. The highest BCUT2D eigenvalue weighted by Gasteiger charge is 2.14. The Bertz CT molecular complexity index is 179. The van der Waals surface area contributed by atoms with Crippen molar-refractivity contribution in [3.63, 3.8) is 0 Å². The third kappa shape index (κ3) is 4.15. The Morgan fingerprint density at radius 2 is 2.09 bits per heavy atom. The van der Waals surface area contributed by atoms with Gasteiger partial charge < -0.3 is 10.8 Å². The number of nitrogens with zero attached hydrogens (tertiary/aromatic N) is 1. The van der Waals surface area contributed by atoms with Crippen molar-refractivity contribution in [3.8, 4) is 0 Å². The summed E-state index contributed by atoms with van der Waals surface area (Å²) >= 11 is 0. The van der Waals surface area contributed by atoms with Crippen LogP contribution in [0.4, 0.5) is 0 Å². The normalized spacial score (nSPS) is 12.1. The number of carboxylic acid groups (broad SMARTS) is 1. The van der Waals surface area contributed by atoms with Gasteiger partial charge in [0.05, 0.1) is 6.04 Å². The first-order valence-electron chi connectivity index (χ1n) is 2.92. The fourth-order valence-corrected chi connectivity index (χ4v) is 0.470. The average Bonchev–Trinajstić information content (AvgIpc) is 1.98. The van der Waals surface area contributed by atoms with E-state index in [2.05, 4.69) is 5.18 Å². The number of carbonyl (C=O) groups is 2. The van der Waals surface area contributed by atoms with E-state index >= 15 is 0 Å². The summed E-state index contributed by atoms with van der Waals surface area (Å²) < 4.78 is 0. The summed E-state index contributed by atoms with van der Waals surface area (Å²) in [6, 6.07) is -1.08. The zero-order valence-corrected chi connectivity index (χ0v) is 5.69. The number of nitrogens with two attached hydrogens (primary N) is 1. The lowest BCUT2D eigenvalue weighted by Crippen LogP contribution is -2.29. The molecule has 0 aliphatic rings. The molecule has 1 amide bonds. The molecule has 0 heterocycles. The van der Waals surface area contributed by atoms with Gasteiger partial charge in [0.25, 0.3) is 0 Å². The molecule has 0 spiro atoms. The Hall–Kier alpha value is -1.30. The van der Waals surface area contributed by atoms with Gasteiger partial charge in [-0.15, -0.1) is 4.91 Å². The quantitative estimate of drug-likeness (QED) is 0.537. The zero-order valence-electron chi connectivity index (χ0n) is 5.69. The molecule has 0 fully saturated rings. The van der Waals surface area contributed by atoms with Crippen LogP contribution in [0.5, 0.6) is 0 Å². The highest BCUT2D eigenvalue weighted by Crippen LogP contribution is 1.95. The van der Waals surface area contributed by atoms with Gasteiger partial charge in [0, 0.05) is 11.6 Å². The number of carbonyl (C=O) groups excluding carboxylic acids is 1. The first-order valence-corrected chi connectivity index (χ1v) is 2.92. The lowest BCUT2D eigenvalue weighted by Gasteiger charge is -2.00. The SMILES string of the molecule is NC(CCC(=O)O)C(=O)N=O. The van der Waals surface area contributed by atoms with Crippen LogP contribution < -0.4 is 5.73 Å². The molecule has 0 aromatic rings. The van der Waals surface area contributed by atoms with Crippen LogP contribution >= 0.6 is 0 Å². The molecule has 0 aromatic carbocycles. The minimum Gasteiger partial charge on any atom is -0.481 e. The molecule has 0 rings (SSSR count). The Kier molecular flexibility index (Phi) is 3.97. The summed E-state index contributed by atoms with van der Waals surface area (Å²) in [6.45, 7) is 0. The van der Waals surface area contributed by atoms with E-state index in [4.69, 9.17) is 10.8 Å². The smallest absolute Gasteiger partial charge is 0.303 e. The maximum Gasteiger partial charge on any atom is 0.303 e. The molecule has 6 heteroatoms. The molecule has 3 N–H and O–H groups in total. The highest BCUT2D eigenvalue weighted by molar-refractivity contribution is 5.82. The molecule has 1 atom stereocenters. The van der Waals surface area contributed by atoms with Crippen LogP contribution in [-0.4, -0.2) is 23.0 Å². The zero-order chi connectivity index (χ0) is 8.85. The fraction of sp³-hybridized carbons (Fsp3) is 0.600. The van der Waals surface area contributed by atoms with Crippen molar-refractivity contribution in [2.45, 2.75) is 18.9 Å². The Balaban J connectivity index is 3.68. The summed E-state index contributed by atoms with van der Waals surface area (Å²) in [4.78, 5) is 29.8. The van der Waals surface area contributed by atoms with Crippen molar-refractivity contribution in [2.24, 2.45) is 10.9 Å². The van der Waals surface area contributed by atoms with Gasteiger partial charge in [-0.3, -0.25) is 9.59 Å². The highest BCUT2D eigenvalue weighted by atomic mass is 16.4. The predicted octanol–water partition coefficient (Wildman–Crippen LogP) is -0.528. The fourth-order valence-electron chi connectivity index (χ4n) is 0.470. The van der Waals surface area contributed by atoms with Gasteiger partial charge in [-0.25, -0.2) is 0 Å². The minimum absolute atomic E-state index is 0.0556. The number of hydrogen-bond donors (Lipinski definition) is 2. The van der Waals surface area contributed by atoms with E-state index in [1.165, 1.54) is 0 Å². The van der Waals surface area contributed by atoms with E-state index in [9.17, 15) is 14.5 Å². The van der Waals surface area contributed by atoms with Gasteiger partial charge in [-0.2, -0.15) is 0 Å². The van der Waals surface area contributed by atoms with Crippen molar-refractivity contribution in [3.05, 3.63) is 4.91 Å². The molecular formula is C5H8N2O4. The van der Waals surface area contributed by atoms with Crippen LogP contribution in [0.25, 0.3) is 0 Å². The van der Waals surface area contributed by atoms with E-state index in [-0.39, 0.29) is 12.8 Å². The summed E-state index contributed by atoms with van der Waals surface area (Å²) in [7, 11) is 0. The van der Waals surface area contributed by atoms with Gasteiger partial charge in [-0.1, -0.05) is 0 Å². The lowest BCUT2D eigenvalue weighted by molar-refractivity contribution is -0.137. The second kappa shape index (κ2) is 4.51. The molecule has 0 bridgehead atoms. The molecule has 0 radical (unpaired) electrons. The van der Waals surface area contributed by atoms with E-state index in [0.29, 0.717) is 0 Å². The van der Waals surface area contributed by atoms with Crippen molar-refractivity contribution in [2.75, 3.05) is 0 Å². The van der Waals surface area contributed by atoms with Gasteiger partial charge in [0.1, 0.15) is 0 Å². The van der Waals surface area contributed by atoms with E-state index in [1.807, 2.05) is 0 Å². The monoisotopic (exact) mass is 160 g/mol. The molecule has 0 aliphatic heterocycles. The largest absolute Gasteiger partial charge is 0.481 e. The Morgan fingerprint density at radius 3 is 2.45 bits per heavy atom. The first-order chi connectivity index (χ1) is 5.07. The van der Waals surface area contributed by atoms with Crippen LogP contribution in [0.1, 0.15) is 12.8 Å². The third-order valence-electron chi connectivity index (χ3n) is 1.08. The number of nitroso groups, excluding NO2 is 1. The van der Waals surface area contributed by atoms with Gasteiger partial charge >= 0.3 is 11.9 Å². The molecule has 0 aliphatic carbocycles. The summed E-state index contributed by atoms with van der Waals surface area (Å²) in [5, 5.41) is 10.2. The van der Waals surface area contributed by atoms with Crippen molar-refractivity contribution in [1.82, 2.24) is 0 Å². The van der Waals surface area contributed by atoms with Crippen LogP contribution in [-0.2, 0) is 9.59 Å². The molecule has 0 aromatic heterocycles. The molecule has 0 saturated heterocycles. The van der Waals surface area contributed by atoms with Crippen molar-refractivity contribution in [1.29, 1.82) is 0 Å². The minimum atomic E-state index is -1.08. The van der Waals surface area contributed by atoms with Crippen molar-refractivity contribution >= 4 is 11.9 Å². The summed E-state index contributed by atoms with van der Waals surface area (Å²) in [5.41, 5.74) is 5.07. The third-order valence-corrected chi connectivity index (χ3v) is 1.08. The van der Waals surface area contributed by atoms with Gasteiger partial charge in [0.15, 0.2) is 0 Å². The summed E-state index contributed by atoms with van der Waals surface area (Å²) in [6.07, 6.45) is -0.289. The number of aliphatic carboxylic acids is 1. The Labute approximate surface area is 62.4 Å². The molecule has 6 nitrogen and oxygen atoms in total.